The van der Waals surface area contributed by atoms with Crippen LogP contribution in [0.5, 0.6) is 0 Å². The quantitative estimate of drug-likeness (QED) is 0.236. The Morgan fingerprint density at radius 2 is 1.52 bits per heavy atom. The Morgan fingerprint density at radius 1 is 0.825 bits per heavy atom. The fourth-order valence-electron chi connectivity index (χ4n) is 4.32. The summed E-state index contributed by atoms with van der Waals surface area (Å²) < 4.78 is 5.68. The number of nitrogens with zero attached hydrogens (tertiary/aromatic N) is 2. The summed E-state index contributed by atoms with van der Waals surface area (Å²) in [7, 11) is 0. The number of furan rings is 1. The van der Waals surface area contributed by atoms with Crippen LogP contribution in [0.1, 0.15) is 20.9 Å². The van der Waals surface area contributed by atoms with Crippen molar-refractivity contribution in [3.8, 4) is 11.3 Å². The van der Waals surface area contributed by atoms with Crippen LogP contribution in [0.15, 0.2) is 83.3 Å². The lowest BCUT2D eigenvalue weighted by atomic mass is 10.1. The number of anilines is 2. The number of carbonyl (C=O) groups is 2. The molecule has 1 aromatic heterocycles. The van der Waals surface area contributed by atoms with Crippen molar-refractivity contribution in [2.75, 3.05) is 36.4 Å². The lowest BCUT2D eigenvalue weighted by molar-refractivity contribution is 0.0746. The minimum atomic E-state index is -0.496. The highest BCUT2D eigenvalue weighted by atomic mass is 35.5. The van der Waals surface area contributed by atoms with Gasteiger partial charge in [0.15, 0.2) is 10.9 Å². The van der Waals surface area contributed by atoms with Crippen molar-refractivity contribution in [3.05, 3.63) is 105 Å². The molecule has 2 N–H and O–H groups in total. The van der Waals surface area contributed by atoms with Crippen LogP contribution in [0, 0.1) is 0 Å². The molecule has 5 rings (SSSR count). The Hall–Kier alpha value is -3.56. The van der Waals surface area contributed by atoms with E-state index in [1.165, 1.54) is 0 Å². The first-order valence-electron chi connectivity index (χ1n) is 12.3. The van der Waals surface area contributed by atoms with Gasteiger partial charge >= 0.3 is 0 Å². The smallest absolute Gasteiger partial charge is 0.293 e. The van der Waals surface area contributed by atoms with Gasteiger partial charge in [-0.25, -0.2) is 0 Å². The molecule has 0 atom stereocenters. The fraction of sp³-hybridized carbons (Fsp3) is 0.138. The van der Waals surface area contributed by atoms with Gasteiger partial charge in [-0.3, -0.25) is 14.9 Å². The molecule has 0 aliphatic carbocycles. The summed E-state index contributed by atoms with van der Waals surface area (Å²) in [5.41, 5.74) is 2.97. The van der Waals surface area contributed by atoms with E-state index >= 15 is 0 Å². The van der Waals surface area contributed by atoms with Crippen LogP contribution in [0.4, 0.5) is 11.4 Å². The Labute approximate surface area is 251 Å². The molecule has 2 heterocycles. The summed E-state index contributed by atoms with van der Waals surface area (Å²) in [5.74, 6) is 0.0107. The van der Waals surface area contributed by atoms with Crippen molar-refractivity contribution >= 4 is 75.3 Å². The molecule has 3 aromatic carbocycles. The molecule has 0 bridgehead atoms. The number of benzene rings is 3. The van der Waals surface area contributed by atoms with E-state index in [4.69, 9.17) is 51.4 Å². The third-order valence-corrected chi connectivity index (χ3v) is 7.70. The van der Waals surface area contributed by atoms with Crippen molar-refractivity contribution in [2.24, 2.45) is 0 Å². The molecule has 204 valence electrons. The zero-order valence-corrected chi connectivity index (χ0v) is 24.1. The van der Waals surface area contributed by atoms with Crippen LogP contribution in [0.3, 0.4) is 0 Å². The summed E-state index contributed by atoms with van der Waals surface area (Å²) in [4.78, 5) is 29.5. The minimum absolute atomic E-state index is 0.00505. The molecule has 11 heteroatoms. The highest BCUT2D eigenvalue weighted by molar-refractivity contribution is 7.80. The molecule has 1 aliphatic rings. The van der Waals surface area contributed by atoms with E-state index in [0.717, 1.165) is 11.4 Å². The summed E-state index contributed by atoms with van der Waals surface area (Å²) in [5, 5.41) is 7.11. The van der Waals surface area contributed by atoms with E-state index in [9.17, 15) is 9.59 Å². The zero-order valence-electron chi connectivity index (χ0n) is 21.0. The molecular weight excluding hydrogens is 591 g/mol. The Bertz CT molecular complexity index is 1550. The topological polar surface area (TPSA) is 77.8 Å². The lowest BCUT2D eigenvalue weighted by Gasteiger charge is -2.36. The maximum absolute atomic E-state index is 12.8. The van der Waals surface area contributed by atoms with Gasteiger partial charge < -0.3 is 19.5 Å². The molecular formula is C29H23Cl3N4O3S. The second kappa shape index (κ2) is 12.3. The molecule has 7 nitrogen and oxygen atoms in total. The molecule has 4 aromatic rings. The average Bonchev–Trinajstić information content (AvgIpc) is 3.45. The van der Waals surface area contributed by atoms with E-state index in [1.54, 1.807) is 54.6 Å². The van der Waals surface area contributed by atoms with Gasteiger partial charge in [-0.05, 0) is 85.0 Å². The summed E-state index contributed by atoms with van der Waals surface area (Å²) in [6.07, 6.45) is 0. The first-order chi connectivity index (χ1) is 19.3. The van der Waals surface area contributed by atoms with Crippen LogP contribution in [0.2, 0.25) is 15.1 Å². The van der Waals surface area contributed by atoms with Gasteiger partial charge in [0.2, 0.25) is 0 Å². The molecule has 1 fully saturated rings. The van der Waals surface area contributed by atoms with Crippen molar-refractivity contribution in [1.82, 2.24) is 10.2 Å². The van der Waals surface area contributed by atoms with Crippen LogP contribution in [-0.2, 0) is 0 Å². The van der Waals surface area contributed by atoms with Crippen LogP contribution >= 0.6 is 47.0 Å². The van der Waals surface area contributed by atoms with Gasteiger partial charge in [-0.15, -0.1) is 0 Å². The molecule has 1 aliphatic heterocycles. The largest absolute Gasteiger partial charge is 0.451 e. The Morgan fingerprint density at radius 3 is 2.23 bits per heavy atom. The fourth-order valence-corrected chi connectivity index (χ4v) is 5.05. The van der Waals surface area contributed by atoms with Crippen molar-refractivity contribution < 1.29 is 14.0 Å². The molecule has 0 unspecified atom stereocenters. The normalized spacial score (nSPS) is 13.2. The van der Waals surface area contributed by atoms with Gasteiger partial charge in [0, 0.05) is 53.7 Å². The molecule has 1 saturated heterocycles. The minimum Gasteiger partial charge on any atom is -0.451 e. The monoisotopic (exact) mass is 612 g/mol. The number of amides is 2. The zero-order chi connectivity index (χ0) is 28.2. The number of hydrogen-bond donors (Lipinski definition) is 2. The SMILES string of the molecule is O=C(NC(=S)Nc1ccc(N2CCN(C(=O)c3ccc(Cl)cc3)CC2)cc1)c1ccc(-c2cccc(Cl)c2Cl)o1. The molecule has 40 heavy (non-hydrogen) atoms. The molecule has 0 spiro atoms. The number of rotatable bonds is 5. The predicted octanol–water partition coefficient (Wildman–Crippen LogP) is 7.00. The first-order valence-corrected chi connectivity index (χ1v) is 13.9. The number of piperazine rings is 1. The Kier molecular flexibility index (Phi) is 8.61. The predicted molar refractivity (Wildman–Crippen MR) is 164 cm³/mol. The van der Waals surface area contributed by atoms with E-state index in [2.05, 4.69) is 15.5 Å². The number of nitrogens with one attached hydrogen (secondary N) is 2. The van der Waals surface area contributed by atoms with Crippen LogP contribution in [-0.4, -0.2) is 48.0 Å². The van der Waals surface area contributed by atoms with Crippen molar-refractivity contribution in [1.29, 1.82) is 0 Å². The van der Waals surface area contributed by atoms with E-state index in [1.807, 2.05) is 29.2 Å². The van der Waals surface area contributed by atoms with Gasteiger partial charge in [0.1, 0.15) is 5.76 Å². The van der Waals surface area contributed by atoms with Gasteiger partial charge in [-0.1, -0.05) is 40.9 Å². The highest BCUT2D eigenvalue weighted by Gasteiger charge is 2.22. The van der Waals surface area contributed by atoms with E-state index < -0.39 is 5.91 Å². The first kappa shape index (κ1) is 28.0. The van der Waals surface area contributed by atoms with E-state index in [0.29, 0.717) is 58.1 Å². The van der Waals surface area contributed by atoms with Gasteiger partial charge in [-0.2, -0.15) is 0 Å². The molecule has 0 radical (unpaired) electrons. The second-order valence-electron chi connectivity index (χ2n) is 9.01. The summed E-state index contributed by atoms with van der Waals surface area (Å²) in [6.45, 7) is 2.67. The maximum atomic E-state index is 12.8. The van der Waals surface area contributed by atoms with Crippen LogP contribution in [0.25, 0.3) is 11.3 Å². The third kappa shape index (κ3) is 6.42. The third-order valence-electron chi connectivity index (χ3n) is 6.42. The number of thiocarbonyl (C=S) groups is 1. The molecule has 2 amide bonds. The van der Waals surface area contributed by atoms with Gasteiger partial charge in [0.25, 0.3) is 11.8 Å². The Balaban J connectivity index is 1.12. The molecule has 0 saturated carbocycles. The summed E-state index contributed by atoms with van der Waals surface area (Å²) >= 11 is 23.6. The average molecular weight is 614 g/mol. The lowest BCUT2D eigenvalue weighted by Crippen LogP contribution is -2.48. The number of carbonyl (C=O) groups excluding carboxylic acids is 2. The standard InChI is InChI=1S/C29H23Cl3N4O3S/c30-19-6-4-18(5-7-19)28(38)36-16-14-35(15-17-36)21-10-8-20(9-11-21)33-29(40)34-27(37)25-13-12-24(39-25)22-2-1-3-23(31)26(22)32/h1-13H,14-17H2,(H2,33,34,37,40). The summed E-state index contributed by atoms with van der Waals surface area (Å²) in [6, 6.07) is 23.0. The van der Waals surface area contributed by atoms with Crippen molar-refractivity contribution in [2.45, 2.75) is 0 Å². The van der Waals surface area contributed by atoms with Crippen molar-refractivity contribution in [3.63, 3.8) is 0 Å². The number of hydrogen-bond acceptors (Lipinski definition) is 5. The van der Waals surface area contributed by atoms with E-state index in [-0.39, 0.29) is 16.8 Å². The van der Waals surface area contributed by atoms with Gasteiger partial charge in [0.05, 0.1) is 10.0 Å². The second-order valence-corrected chi connectivity index (χ2v) is 10.6. The number of halogens is 3. The maximum Gasteiger partial charge on any atom is 0.293 e. The van der Waals surface area contributed by atoms with Crippen LogP contribution < -0.4 is 15.5 Å². The highest BCUT2D eigenvalue weighted by Crippen LogP contribution is 2.34.